The second kappa shape index (κ2) is 5.77. The molecule has 2 aromatic rings. The molecule has 0 amide bonds. The van der Waals surface area contributed by atoms with Gasteiger partial charge in [-0.15, -0.1) is 0 Å². The summed E-state index contributed by atoms with van der Waals surface area (Å²) in [7, 11) is 2.12. The van der Waals surface area contributed by atoms with Gasteiger partial charge in [-0.3, -0.25) is 0 Å². The highest BCUT2D eigenvalue weighted by Gasteiger charge is 2.16. The van der Waals surface area contributed by atoms with Crippen LogP contribution in [-0.4, -0.2) is 48.1 Å². The van der Waals surface area contributed by atoms with Gasteiger partial charge in [0, 0.05) is 44.1 Å². The van der Waals surface area contributed by atoms with Crippen LogP contribution in [-0.2, 0) is 0 Å². The van der Waals surface area contributed by atoms with E-state index in [9.17, 15) is 4.39 Å². The van der Waals surface area contributed by atoms with E-state index in [1.54, 1.807) is 6.07 Å². The Morgan fingerprint density at radius 3 is 2.33 bits per heavy atom. The van der Waals surface area contributed by atoms with E-state index in [0.29, 0.717) is 0 Å². The molecule has 1 saturated heterocycles. The number of rotatable bonds is 2. The lowest BCUT2D eigenvalue weighted by Gasteiger charge is -2.32. The van der Waals surface area contributed by atoms with Gasteiger partial charge >= 0.3 is 0 Å². The van der Waals surface area contributed by atoms with Crippen LogP contribution in [0.25, 0.3) is 11.1 Å². The smallest absolute Gasteiger partial charge is 0.225 e. The molecule has 0 N–H and O–H groups in total. The van der Waals surface area contributed by atoms with Crippen LogP contribution < -0.4 is 4.90 Å². The molecule has 1 aromatic carbocycles. The first-order valence-electron chi connectivity index (χ1n) is 7.15. The van der Waals surface area contributed by atoms with Crippen LogP contribution in [0.4, 0.5) is 10.3 Å². The summed E-state index contributed by atoms with van der Waals surface area (Å²) in [6, 6.07) is 4.78. The third-order valence-electron chi connectivity index (χ3n) is 3.92. The molecule has 4 nitrogen and oxygen atoms in total. The maximum absolute atomic E-state index is 13.2. The van der Waals surface area contributed by atoms with Crippen LogP contribution in [0.1, 0.15) is 5.56 Å². The van der Waals surface area contributed by atoms with E-state index >= 15 is 0 Å². The lowest BCUT2D eigenvalue weighted by molar-refractivity contribution is 0.311. The normalized spacial score (nSPS) is 16.2. The molecule has 1 fully saturated rings. The molecule has 110 valence electrons. The minimum atomic E-state index is -0.216. The Morgan fingerprint density at radius 1 is 1.05 bits per heavy atom. The Hall–Kier alpha value is -2.01. The highest BCUT2D eigenvalue weighted by atomic mass is 19.1. The van der Waals surface area contributed by atoms with Gasteiger partial charge in [-0.25, -0.2) is 14.4 Å². The zero-order valence-electron chi connectivity index (χ0n) is 12.4. The van der Waals surface area contributed by atoms with Crippen molar-refractivity contribution >= 4 is 5.95 Å². The highest BCUT2D eigenvalue weighted by Crippen LogP contribution is 2.23. The number of piperazine rings is 1. The van der Waals surface area contributed by atoms with Crippen LogP contribution in [0.5, 0.6) is 0 Å². The zero-order chi connectivity index (χ0) is 14.8. The van der Waals surface area contributed by atoms with Crippen LogP contribution in [0, 0.1) is 12.7 Å². The quantitative estimate of drug-likeness (QED) is 0.848. The number of aryl methyl sites for hydroxylation is 1. The van der Waals surface area contributed by atoms with Crippen molar-refractivity contribution in [3.63, 3.8) is 0 Å². The summed E-state index contributed by atoms with van der Waals surface area (Å²) < 4.78 is 13.2. The molecule has 1 aliphatic rings. The molecule has 0 saturated carbocycles. The van der Waals surface area contributed by atoms with Crippen molar-refractivity contribution in [1.29, 1.82) is 0 Å². The Bertz CT molecular complexity index is 619. The Kier molecular flexibility index (Phi) is 3.84. The monoisotopic (exact) mass is 286 g/mol. The zero-order valence-corrected chi connectivity index (χ0v) is 12.4. The second-order valence-corrected chi connectivity index (χ2v) is 5.52. The largest absolute Gasteiger partial charge is 0.338 e. The molecule has 0 aliphatic carbocycles. The number of hydrogen-bond acceptors (Lipinski definition) is 4. The van der Waals surface area contributed by atoms with Crippen molar-refractivity contribution in [3.8, 4) is 11.1 Å². The Balaban J connectivity index is 1.80. The number of nitrogens with zero attached hydrogens (tertiary/aromatic N) is 4. The van der Waals surface area contributed by atoms with Crippen molar-refractivity contribution in [2.24, 2.45) is 0 Å². The molecule has 2 heterocycles. The molecule has 1 aliphatic heterocycles. The molecular formula is C16H19FN4. The molecule has 0 bridgehead atoms. The van der Waals surface area contributed by atoms with Crippen LogP contribution in [0.2, 0.25) is 0 Å². The van der Waals surface area contributed by atoms with Gasteiger partial charge in [0.15, 0.2) is 0 Å². The molecule has 0 atom stereocenters. The van der Waals surface area contributed by atoms with Crippen molar-refractivity contribution < 1.29 is 4.39 Å². The summed E-state index contributed by atoms with van der Waals surface area (Å²) in [5.74, 6) is 0.554. The summed E-state index contributed by atoms with van der Waals surface area (Å²) in [4.78, 5) is 13.4. The Morgan fingerprint density at radius 2 is 1.71 bits per heavy atom. The summed E-state index contributed by atoms with van der Waals surface area (Å²) in [6.45, 7) is 5.86. The minimum Gasteiger partial charge on any atom is -0.338 e. The number of halogens is 1. The van der Waals surface area contributed by atoms with E-state index in [4.69, 9.17) is 0 Å². The van der Waals surface area contributed by atoms with E-state index in [1.165, 1.54) is 12.1 Å². The van der Waals surface area contributed by atoms with E-state index in [1.807, 2.05) is 19.3 Å². The van der Waals surface area contributed by atoms with Crippen molar-refractivity contribution in [1.82, 2.24) is 14.9 Å². The first-order valence-corrected chi connectivity index (χ1v) is 7.15. The van der Waals surface area contributed by atoms with Crippen LogP contribution >= 0.6 is 0 Å². The Labute approximate surface area is 124 Å². The summed E-state index contributed by atoms with van der Waals surface area (Å²) in [6.07, 6.45) is 3.64. The molecule has 0 spiro atoms. The van der Waals surface area contributed by atoms with Gasteiger partial charge in [-0.2, -0.15) is 0 Å². The summed E-state index contributed by atoms with van der Waals surface area (Å²) >= 11 is 0. The first kappa shape index (κ1) is 13.9. The van der Waals surface area contributed by atoms with Crippen molar-refractivity contribution in [3.05, 3.63) is 42.0 Å². The van der Waals surface area contributed by atoms with E-state index < -0.39 is 0 Å². The SMILES string of the molecule is Cc1cc(F)ccc1-c1cnc(N2CCN(C)CC2)nc1. The van der Waals surface area contributed by atoms with E-state index in [2.05, 4.69) is 26.8 Å². The third kappa shape index (κ3) is 3.03. The molecule has 0 unspecified atom stereocenters. The minimum absolute atomic E-state index is 0.216. The van der Waals surface area contributed by atoms with Gasteiger partial charge in [0.25, 0.3) is 0 Å². The highest BCUT2D eigenvalue weighted by molar-refractivity contribution is 5.65. The van der Waals surface area contributed by atoms with Gasteiger partial charge in [0.1, 0.15) is 5.82 Å². The second-order valence-electron chi connectivity index (χ2n) is 5.52. The fourth-order valence-corrected chi connectivity index (χ4v) is 2.58. The molecular weight excluding hydrogens is 267 g/mol. The fourth-order valence-electron chi connectivity index (χ4n) is 2.58. The predicted molar refractivity (Wildman–Crippen MR) is 81.9 cm³/mol. The third-order valence-corrected chi connectivity index (χ3v) is 3.92. The van der Waals surface area contributed by atoms with Gasteiger partial charge < -0.3 is 9.80 Å². The average Bonchev–Trinajstić information content (AvgIpc) is 2.48. The number of likely N-dealkylation sites (N-methyl/N-ethyl adjacent to an activating group) is 1. The lowest BCUT2D eigenvalue weighted by Crippen LogP contribution is -2.45. The van der Waals surface area contributed by atoms with Gasteiger partial charge in [-0.1, -0.05) is 6.07 Å². The van der Waals surface area contributed by atoms with Crippen molar-refractivity contribution in [2.45, 2.75) is 6.92 Å². The van der Waals surface area contributed by atoms with Crippen LogP contribution in [0.15, 0.2) is 30.6 Å². The number of anilines is 1. The average molecular weight is 286 g/mol. The maximum atomic E-state index is 13.2. The van der Waals surface area contributed by atoms with Crippen molar-refractivity contribution in [2.75, 3.05) is 38.1 Å². The van der Waals surface area contributed by atoms with E-state index in [0.717, 1.165) is 48.8 Å². The number of hydrogen-bond donors (Lipinski definition) is 0. The fraction of sp³-hybridized carbons (Fsp3) is 0.375. The first-order chi connectivity index (χ1) is 10.1. The molecule has 5 heteroatoms. The van der Waals surface area contributed by atoms with Gasteiger partial charge in [0.2, 0.25) is 5.95 Å². The summed E-state index contributed by atoms with van der Waals surface area (Å²) in [5, 5.41) is 0. The predicted octanol–water partition coefficient (Wildman–Crippen LogP) is 2.34. The molecule has 21 heavy (non-hydrogen) atoms. The van der Waals surface area contributed by atoms with Gasteiger partial charge in [0.05, 0.1) is 0 Å². The van der Waals surface area contributed by atoms with Gasteiger partial charge in [-0.05, 0) is 37.2 Å². The number of aromatic nitrogens is 2. The molecule has 0 radical (unpaired) electrons. The molecule has 1 aromatic heterocycles. The summed E-state index contributed by atoms with van der Waals surface area (Å²) in [5.41, 5.74) is 2.79. The molecule has 3 rings (SSSR count). The lowest BCUT2D eigenvalue weighted by atomic mass is 10.0. The topological polar surface area (TPSA) is 32.3 Å². The van der Waals surface area contributed by atoms with Crippen LogP contribution in [0.3, 0.4) is 0 Å². The standard InChI is InChI=1S/C16H19FN4/c1-12-9-14(17)3-4-15(12)13-10-18-16(19-11-13)21-7-5-20(2)6-8-21/h3-4,9-11H,5-8H2,1-2H3. The number of benzene rings is 1. The van der Waals surface area contributed by atoms with E-state index in [-0.39, 0.29) is 5.82 Å². The maximum Gasteiger partial charge on any atom is 0.225 e.